The van der Waals surface area contributed by atoms with Gasteiger partial charge in [0, 0.05) is 29.8 Å². The molecule has 2 heterocycles. The minimum atomic E-state index is 0.118. The molecule has 1 saturated heterocycles. The molecule has 3 aromatic carbocycles. The van der Waals surface area contributed by atoms with Gasteiger partial charge >= 0.3 is 0 Å². The number of carbonyl (C=O) groups is 1. The molecule has 1 aliphatic heterocycles. The van der Waals surface area contributed by atoms with Crippen LogP contribution < -0.4 is 0 Å². The van der Waals surface area contributed by atoms with E-state index in [9.17, 15) is 4.79 Å². The number of rotatable bonds is 4. The Morgan fingerprint density at radius 1 is 0.733 bits per heavy atom. The third-order valence-electron chi connectivity index (χ3n) is 5.60. The molecule has 5 rings (SSSR count). The van der Waals surface area contributed by atoms with Gasteiger partial charge < -0.3 is 4.90 Å². The van der Waals surface area contributed by atoms with Crippen LogP contribution in [0.5, 0.6) is 0 Å². The van der Waals surface area contributed by atoms with Crippen LogP contribution in [0.1, 0.15) is 23.2 Å². The maximum Gasteiger partial charge on any atom is 0.253 e. The summed E-state index contributed by atoms with van der Waals surface area (Å²) in [5.74, 6) is 0.118. The van der Waals surface area contributed by atoms with Crippen molar-refractivity contribution in [1.29, 1.82) is 0 Å². The van der Waals surface area contributed by atoms with Crippen molar-refractivity contribution >= 4 is 5.91 Å². The van der Waals surface area contributed by atoms with Gasteiger partial charge in [-0.3, -0.25) is 4.79 Å². The van der Waals surface area contributed by atoms with Crippen LogP contribution in [0.15, 0.2) is 91.0 Å². The quantitative estimate of drug-likeness (QED) is 0.463. The molecule has 148 valence electrons. The number of hydrogen-bond donors (Lipinski definition) is 0. The normalized spacial score (nSPS) is 13.5. The highest BCUT2D eigenvalue weighted by Crippen LogP contribution is 2.29. The maximum atomic E-state index is 12.7. The molecule has 0 saturated carbocycles. The van der Waals surface area contributed by atoms with E-state index in [0.717, 1.165) is 59.7 Å². The van der Waals surface area contributed by atoms with E-state index in [2.05, 4.69) is 30.3 Å². The minimum absolute atomic E-state index is 0.118. The molecule has 4 nitrogen and oxygen atoms in total. The van der Waals surface area contributed by atoms with Gasteiger partial charge in [0.05, 0.1) is 17.1 Å². The van der Waals surface area contributed by atoms with E-state index in [4.69, 9.17) is 5.10 Å². The van der Waals surface area contributed by atoms with E-state index in [1.165, 1.54) is 0 Å². The minimum Gasteiger partial charge on any atom is -0.339 e. The Kier molecular flexibility index (Phi) is 4.89. The monoisotopic (exact) mass is 393 g/mol. The smallest absolute Gasteiger partial charge is 0.253 e. The molecule has 0 bridgehead atoms. The highest BCUT2D eigenvalue weighted by Gasteiger charge is 2.20. The molecule has 1 fully saturated rings. The SMILES string of the molecule is O=C(c1ccc(-n2nc(-c3ccccc3)cc2-c2ccccc2)cc1)N1CCCC1. The summed E-state index contributed by atoms with van der Waals surface area (Å²) in [6.07, 6.45) is 2.19. The van der Waals surface area contributed by atoms with E-state index in [0.29, 0.717) is 0 Å². The molecule has 4 heteroatoms. The third-order valence-corrected chi connectivity index (χ3v) is 5.60. The summed E-state index contributed by atoms with van der Waals surface area (Å²) in [5.41, 5.74) is 5.80. The van der Waals surface area contributed by atoms with Crippen LogP contribution in [0.2, 0.25) is 0 Å². The molecular weight excluding hydrogens is 370 g/mol. The number of carbonyl (C=O) groups excluding carboxylic acids is 1. The van der Waals surface area contributed by atoms with E-state index in [1.807, 2.05) is 70.2 Å². The van der Waals surface area contributed by atoms with Crippen molar-refractivity contribution in [2.24, 2.45) is 0 Å². The summed E-state index contributed by atoms with van der Waals surface area (Å²) in [6, 6.07) is 30.4. The van der Waals surface area contributed by atoms with Crippen molar-refractivity contribution in [3.8, 4) is 28.2 Å². The van der Waals surface area contributed by atoms with Gasteiger partial charge in [0.1, 0.15) is 0 Å². The van der Waals surface area contributed by atoms with Crippen molar-refractivity contribution in [2.45, 2.75) is 12.8 Å². The molecule has 0 aliphatic carbocycles. The molecular formula is C26H23N3O. The zero-order chi connectivity index (χ0) is 20.3. The van der Waals surface area contributed by atoms with Gasteiger partial charge in [-0.05, 0) is 43.2 Å². The Morgan fingerprint density at radius 2 is 1.33 bits per heavy atom. The lowest BCUT2D eigenvalue weighted by Gasteiger charge is -2.15. The van der Waals surface area contributed by atoms with Gasteiger partial charge in [0.2, 0.25) is 0 Å². The van der Waals surface area contributed by atoms with E-state index < -0.39 is 0 Å². The Morgan fingerprint density at radius 3 is 1.97 bits per heavy atom. The predicted molar refractivity (Wildman–Crippen MR) is 120 cm³/mol. The van der Waals surface area contributed by atoms with Crippen molar-refractivity contribution in [2.75, 3.05) is 13.1 Å². The van der Waals surface area contributed by atoms with Crippen LogP contribution in [0.25, 0.3) is 28.2 Å². The van der Waals surface area contributed by atoms with Crippen LogP contribution in [0, 0.1) is 0 Å². The molecule has 0 atom stereocenters. The zero-order valence-corrected chi connectivity index (χ0v) is 16.7. The lowest BCUT2D eigenvalue weighted by molar-refractivity contribution is 0.0793. The first-order chi connectivity index (χ1) is 14.8. The van der Waals surface area contributed by atoms with Crippen molar-refractivity contribution in [3.63, 3.8) is 0 Å². The lowest BCUT2D eigenvalue weighted by atomic mass is 10.1. The summed E-state index contributed by atoms with van der Waals surface area (Å²) >= 11 is 0. The van der Waals surface area contributed by atoms with Gasteiger partial charge in [-0.2, -0.15) is 5.10 Å². The molecule has 0 unspecified atom stereocenters. The van der Waals surface area contributed by atoms with Crippen LogP contribution >= 0.6 is 0 Å². The first kappa shape index (κ1) is 18.4. The van der Waals surface area contributed by atoms with Gasteiger partial charge in [0.25, 0.3) is 5.91 Å². The van der Waals surface area contributed by atoms with Crippen LogP contribution in [0.3, 0.4) is 0 Å². The molecule has 1 amide bonds. The number of nitrogens with zero attached hydrogens (tertiary/aromatic N) is 3. The summed E-state index contributed by atoms with van der Waals surface area (Å²) in [4.78, 5) is 14.6. The van der Waals surface area contributed by atoms with E-state index in [1.54, 1.807) is 0 Å². The highest BCUT2D eigenvalue weighted by molar-refractivity contribution is 5.94. The Hall–Kier alpha value is -3.66. The van der Waals surface area contributed by atoms with Crippen LogP contribution in [-0.2, 0) is 0 Å². The van der Waals surface area contributed by atoms with Crippen LogP contribution in [0.4, 0.5) is 0 Å². The largest absolute Gasteiger partial charge is 0.339 e. The highest BCUT2D eigenvalue weighted by atomic mass is 16.2. The van der Waals surface area contributed by atoms with Gasteiger partial charge in [-0.15, -0.1) is 0 Å². The number of aromatic nitrogens is 2. The number of amides is 1. The van der Waals surface area contributed by atoms with E-state index in [-0.39, 0.29) is 5.91 Å². The molecule has 1 aliphatic rings. The summed E-state index contributed by atoms with van der Waals surface area (Å²) in [5, 5.41) is 4.90. The Labute approximate surface area is 176 Å². The molecule has 0 spiro atoms. The fraction of sp³-hybridized carbons (Fsp3) is 0.154. The second-order valence-corrected chi connectivity index (χ2v) is 7.60. The first-order valence-electron chi connectivity index (χ1n) is 10.4. The predicted octanol–water partition coefficient (Wildman–Crippen LogP) is 5.44. The summed E-state index contributed by atoms with van der Waals surface area (Å²) in [6.45, 7) is 1.72. The Balaban J connectivity index is 1.54. The lowest BCUT2D eigenvalue weighted by Crippen LogP contribution is -2.27. The summed E-state index contributed by atoms with van der Waals surface area (Å²) < 4.78 is 1.96. The molecule has 1 aromatic heterocycles. The fourth-order valence-electron chi connectivity index (χ4n) is 3.99. The second kappa shape index (κ2) is 7.99. The molecule has 0 radical (unpaired) electrons. The fourth-order valence-corrected chi connectivity index (χ4v) is 3.99. The molecule has 4 aromatic rings. The van der Waals surface area contributed by atoms with Gasteiger partial charge in [-0.25, -0.2) is 4.68 Å². The molecule has 0 N–H and O–H groups in total. The van der Waals surface area contributed by atoms with Gasteiger partial charge in [-0.1, -0.05) is 60.7 Å². The number of hydrogen-bond acceptors (Lipinski definition) is 2. The average molecular weight is 393 g/mol. The van der Waals surface area contributed by atoms with Crippen molar-refractivity contribution < 1.29 is 4.79 Å². The van der Waals surface area contributed by atoms with Crippen LogP contribution in [-0.4, -0.2) is 33.7 Å². The van der Waals surface area contributed by atoms with Gasteiger partial charge in [0.15, 0.2) is 0 Å². The topological polar surface area (TPSA) is 38.1 Å². The van der Waals surface area contributed by atoms with Crippen molar-refractivity contribution in [3.05, 3.63) is 96.6 Å². The molecule has 30 heavy (non-hydrogen) atoms. The summed E-state index contributed by atoms with van der Waals surface area (Å²) in [7, 11) is 0. The number of benzene rings is 3. The third kappa shape index (κ3) is 3.52. The maximum absolute atomic E-state index is 12.7. The van der Waals surface area contributed by atoms with Crippen molar-refractivity contribution in [1.82, 2.24) is 14.7 Å². The number of likely N-dealkylation sites (tertiary alicyclic amines) is 1. The first-order valence-corrected chi connectivity index (χ1v) is 10.4. The second-order valence-electron chi connectivity index (χ2n) is 7.60. The Bertz CT molecular complexity index is 1140. The standard InChI is InChI=1S/C26H23N3O/c30-26(28-17-7-8-18-28)22-13-15-23(16-14-22)29-25(21-11-5-2-6-12-21)19-24(27-29)20-9-3-1-4-10-20/h1-6,9-16,19H,7-8,17-18H2. The van der Waals surface area contributed by atoms with E-state index >= 15 is 0 Å². The average Bonchev–Trinajstić information content (AvgIpc) is 3.51. The zero-order valence-electron chi connectivity index (χ0n) is 16.7.